The Morgan fingerprint density at radius 1 is 1.50 bits per heavy atom. The Labute approximate surface area is 71.7 Å². The van der Waals surface area contributed by atoms with Crippen LogP contribution in [0.2, 0.25) is 0 Å². The van der Waals surface area contributed by atoms with Crippen LogP contribution < -0.4 is 5.73 Å². The molecule has 1 aliphatic heterocycles. The lowest BCUT2D eigenvalue weighted by atomic mass is 9.87. The van der Waals surface area contributed by atoms with Crippen molar-refractivity contribution >= 4 is 5.91 Å². The van der Waals surface area contributed by atoms with Crippen molar-refractivity contribution in [3.63, 3.8) is 0 Å². The average Bonchev–Trinajstić information content (AvgIpc) is 1.82. The first-order valence-electron chi connectivity index (χ1n) is 4.12. The minimum atomic E-state index is -1.36. The molecule has 0 radical (unpaired) electrons. The zero-order valence-corrected chi connectivity index (χ0v) is 7.41. The summed E-state index contributed by atoms with van der Waals surface area (Å²) in [5.41, 5.74) is 3.72. The first kappa shape index (κ1) is 9.48. The van der Waals surface area contributed by atoms with E-state index in [0.29, 0.717) is 12.8 Å². The highest BCUT2D eigenvalue weighted by Crippen LogP contribution is 2.28. The molecule has 0 spiro atoms. The number of aliphatic hydroxyl groups is 1. The second kappa shape index (κ2) is 3.03. The van der Waals surface area contributed by atoms with Gasteiger partial charge in [-0.25, -0.2) is 0 Å². The van der Waals surface area contributed by atoms with Crippen LogP contribution in [-0.2, 0) is 9.53 Å². The van der Waals surface area contributed by atoms with Gasteiger partial charge in [-0.15, -0.1) is 0 Å². The predicted octanol–water partition coefficient (Wildman–Crippen LogP) is -0.210. The van der Waals surface area contributed by atoms with Gasteiger partial charge >= 0.3 is 0 Å². The molecule has 3 N–H and O–H groups in total. The molecule has 70 valence electrons. The molecule has 0 bridgehead atoms. The summed E-state index contributed by atoms with van der Waals surface area (Å²) in [5.74, 6) is -0.649. The van der Waals surface area contributed by atoms with Gasteiger partial charge in [-0.05, 0) is 13.8 Å². The van der Waals surface area contributed by atoms with Crippen molar-refractivity contribution in [2.75, 3.05) is 0 Å². The van der Waals surface area contributed by atoms with Gasteiger partial charge in [0.05, 0.1) is 12.2 Å². The number of nitrogens with two attached hydrogens (primary N) is 1. The van der Waals surface area contributed by atoms with Crippen LogP contribution in [0.5, 0.6) is 0 Å². The van der Waals surface area contributed by atoms with Gasteiger partial charge in [0.25, 0.3) is 0 Å². The van der Waals surface area contributed by atoms with Crippen LogP contribution in [0.3, 0.4) is 0 Å². The van der Waals surface area contributed by atoms with Gasteiger partial charge in [0, 0.05) is 12.8 Å². The topological polar surface area (TPSA) is 72.5 Å². The van der Waals surface area contributed by atoms with E-state index in [4.69, 9.17) is 10.5 Å². The Morgan fingerprint density at radius 3 is 2.25 bits per heavy atom. The Morgan fingerprint density at radius 2 is 1.92 bits per heavy atom. The molecule has 4 nitrogen and oxygen atoms in total. The van der Waals surface area contributed by atoms with Gasteiger partial charge in [-0.2, -0.15) is 0 Å². The van der Waals surface area contributed by atoms with E-state index in [-0.39, 0.29) is 12.2 Å². The lowest BCUT2D eigenvalue weighted by Gasteiger charge is -2.36. The third-order valence-corrected chi connectivity index (χ3v) is 2.17. The summed E-state index contributed by atoms with van der Waals surface area (Å²) in [7, 11) is 0. The van der Waals surface area contributed by atoms with Crippen molar-refractivity contribution in [3.8, 4) is 0 Å². The van der Waals surface area contributed by atoms with E-state index in [9.17, 15) is 9.90 Å². The number of hydrogen-bond acceptors (Lipinski definition) is 3. The van der Waals surface area contributed by atoms with E-state index >= 15 is 0 Å². The first-order chi connectivity index (χ1) is 5.44. The van der Waals surface area contributed by atoms with E-state index in [2.05, 4.69) is 0 Å². The van der Waals surface area contributed by atoms with E-state index in [0.717, 1.165) is 0 Å². The number of amides is 1. The Hall–Kier alpha value is -0.610. The molecule has 1 rings (SSSR count). The highest BCUT2D eigenvalue weighted by molar-refractivity contribution is 5.83. The summed E-state index contributed by atoms with van der Waals surface area (Å²) in [6.45, 7) is 3.65. The fraction of sp³-hybridized carbons (Fsp3) is 0.875. The molecule has 0 aromatic rings. The standard InChI is InChI=1S/C8H15NO3/c1-5-3-8(11,7(9)10)4-6(2)12-5/h5-6,11H,3-4H2,1-2H3,(H2,9,10). The van der Waals surface area contributed by atoms with E-state index in [1.54, 1.807) is 0 Å². The lowest BCUT2D eigenvalue weighted by Crippen LogP contribution is -2.52. The van der Waals surface area contributed by atoms with Crippen molar-refractivity contribution in [2.45, 2.75) is 44.5 Å². The molecular weight excluding hydrogens is 158 g/mol. The summed E-state index contributed by atoms with van der Waals surface area (Å²) >= 11 is 0. The molecule has 1 saturated heterocycles. The Kier molecular flexibility index (Phi) is 2.39. The van der Waals surface area contributed by atoms with Gasteiger partial charge in [-0.1, -0.05) is 0 Å². The van der Waals surface area contributed by atoms with E-state index in [1.165, 1.54) is 0 Å². The van der Waals surface area contributed by atoms with Gasteiger partial charge in [0.1, 0.15) is 5.60 Å². The predicted molar refractivity (Wildman–Crippen MR) is 43.4 cm³/mol. The summed E-state index contributed by atoms with van der Waals surface area (Å²) in [6, 6.07) is 0. The zero-order chi connectivity index (χ0) is 9.35. The van der Waals surface area contributed by atoms with Gasteiger partial charge in [0.2, 0.25) is 5.91 Å². The summed E-state index contributed by atoms with van der Waals surface area (Å²) < 4.78 is 5.36. The number of primary amides is 1. The number of carbonyl (C=O) groups excluding carboxylic acids is 1. The number of ether oxygens (including phenoxy) is 1. The third-order valence-electron chi connectivity index (χ3n) is 2.17. The molecule has 1 heterocycles. The summed E-state index contributed by atoms with van der Waals surface area (Å²) in [6.07, 6.45) is 0.386. The van der Waals surface area contributed by atoms with Crippen LogP contribution in [0, 0.1) is 0 Å². The maximum Gasteiger partial charge on any atom is 0.249 e. The van der Waals surface area contributed by atoms with Crippen LogP contribution >= 0.6 is 0 Å². The van der Waals surface area contributed by atoms with Crippen LogP contribution in [0.4, 0.5) is 0 Å². The SMILES string of the molecule is CC1CC(O)(C(N)=O)CC(C)O1. The summed E-state index contributed by atoms with van der Waals surface area (Å²) in [4.78, 5) is 10.9. The zero-order valence-electron chi connectivity index (χ0n) is 7.41. The number of rotatable bonds is 1. The molecule has 12 heavy (non-hydrogen) atoms. The second-order valence-electron chi connectivity index (χ2n) is 3.56. The molecule has 2 atom stereocenters. The minimum absolute atomic E-state index is 0.105. The van der Waals surface area contributed by atoms with Gasteiger partial charge < -0.3 is 15.6 Å². The van der Waals surface area contributed by atoms with E-state index < -0.39 is 11.5 Å². The fourth-order valence-electron chi connectivity index (χ4n) is 1.73. The smallest absolute Gasteiger partial charge is 0.249 e. The molecule has 1 amide bonds. The maximum atomic E-state index is 10.9. The van der Waals surface area contributed by atoms with Crippen LogP contribution in [-0.4, -0.2) is 28.8 Å². The minimum Gasteiger partial charge on any atom is -0.380 e. The highest BCUT2D eigenvalue weighted by atomic mass is 16.5. The van der Waals surface area contributed by atoms with E-state index in [1.807, 2.05) is 13.8 Å². The van der Waals surface area contributed by atoms with Gasteiger partial charge in [-0.3, -0.25) is 4.79 Å². The number of carbonyl (C=O) groups is 1. The van der Waals surface area contributed by atoms with Crippen molar-refractivity contribution < 1.29 is 14.6 Å². The Balaban J connectivity index is 2.71. The summed E-state index contributed by atoms with van der Waals surface area (Å²) in [5, 5.41) is 9.73. The molecule has 1 fully saturated rings. The van der Waals surface area contributed by atoms with Crippen LogP contribution in [0.15, 0.2) is 0 Å². The largest absolute Gasteiger partial charge is 0.380 e. The Bertz CT molecular complexity index is 183. The molecule has 2 unspecified atom stereocenters. The second-order valence-corrected chi connectivity index (χ2v) is 3.56. The molecular formula is C8H15NO3. The molecule has 0 aromatic carbocycles. The van der Waals surface area contributed by atoms with Gasteiger partial charge in [0.15, 0.2) is 0 Å². The quantitative estimate of drug-likeness (QED) is 0.576. The molecule has 0 aromatic heterocycles. The number of hydrogen-bond donors (Lipinski definition) is 2. The first-order valence-corrected chi connectivity index (χ1v) is 4.12. The third kappa shape index (κ3) is 1.76. The average molecular weight is 173 g/mol. The van der Waals surface area contributed by atoms with Crippen molar-refractivity contribution in [1.29, 1.82) is 0 Å². The lowest BCUT2D eigenvalue weighted by molar-refractivity contribution is -0.161. The van der Waals surface area contributed by atoms with Crippen molar-refractivity contribution in [2.24, 2.45) is 5.73 Å². The van der Waals surface area contributed by atoms with Crippen LogP contribution in [0.25, 0.3) is 0 Å². The fourth-order valence-corrected chi connectivity index (χ4v) is 1.73. The maximum absolute atomic E-state index is 10.9. The normalized spacial score (nSPS) is 42.6. The highest BCUT2D eigenvalue weighted by Gasteiger charge is 2.41. The molecule has 4 heteroatoms. The van der Waals surface area contributed by atoms with Crippen molar-refractivity contribution in [3.05, 3.63) is 0 Å². The molecule has 1 aliphatic rings. The van der Waals surface area contributed by atoms with Crippen molar-refractivity contribution in [1.82, 2.24) is 0 Å². The molecule has 0 saturated carbocycles. The van der Waals surface area contributed by atoms with Crippen LogP contribution in [0.1, 0.15) is 26.7 Å². The molecule has 0 aliphatic carbocycles. The monoisotopic (exact) mass is 173 g/mol.